The van der Waals surface area contributed by atoms with Gasteiger partial charge in [0.25, 0.3) is 0 Å². The fourth-order valence-electron chi connectivity index (χ4n) is 2.74. The number of nitrogens with zero attached hydrogens (tertiary/aromatic N) is 1. The molecule has 1 rings (SSSR count). The van der Waals surface area contributed by atoms with E-state index >= 15 is 0 Å². The van der Waals surface area contributed by atoms with E-state index in [1.54, 1.807) is 0 Å². The summed E-state index contributed by atoms with van der Waals surface area (Å²) in [5, 5.41) is 0. The van der Waals surface area contributed by atoms with Crippen LogP contribution in [0.4, 0.5) is 13.2 Å². The third-order valence-electron chi connectivity index (χ3n) is 3.33. The van der Waals surface area contributed by atoms with Gasteiger partial charge in [0, 0.05) is 5.69 Å². The minimum Gasteiger partial charge on any atom is -0.248 e. The predicted molar refractivity (Wildman–Crippen MR) is 71.4 cm³/mol. The van der Waals surface area contributed by atoms with Gasteiger partial charge in [0.15, 0.2) is 0 Å². The summed E-state index contributed by atoms with van der Waals surface area (Å²) in [6, 6.07) is 0. The van der Waals surface area contributed by atoms with Crippen LogP contribution in [-0.2, 0) is 24.4 Å². The van der Waals surface area contributed by atoms with E-state index in [9.17, 15) is 13.2 Å². The van der Waals surface area contributed by atoms with Gasteiger partial charge in [-0.1, -0.05) is 34.6 Å². The Morgan fingerprint density at radius 2 is 1.53 bits per heavy atom. The minimum absolute atomic E-state index is 0.272. The van der Waals surface area contributed by atoms with Gasteiger partial charge < -0.3 is 0 Å². The maximum absolute atomic E-state index is 13.1. The second-order valence-corrected chi connectivity index (χ2v) is 5.84. The van der Waals surface area contributed by atoms with Gasteiger partial charge in [-0.3, -0.25) is 0 Å². The fourth-order valence-corrected chi connectivity index (χ4v) is 2.74. The lowest BCUT2D eigenvalue weighted by molar-refractivity contribution is -0.141. The highest BCUT2D eigenvalue weighted by molar-refractivity contribution is 5.45. The van der Waals surface area contributed by atoms with Crippen molar-refractivity contribution in [3.05, 3.63) is 28.1 Å². The highest BCUT2D eigenvalue weighted by atomic mass is 19.4. The number of alkyl halides is 3. The summed E-state index contributed by atoms with van der Waals surface area (Å²) in [5.41, 5.74) is 1.57. The molecule has 0 aliphatic carbocycles. The average molecular weight is 273 g/mol. The monoisotopic (exact) mass is 273 g/mol. The summed E-state index contributed by atoms with van der Waals surface area (Å²) < 4.78 is 39.3. The second kappa shape index (κ2) is 5.14. The summed E-state index contributed by atoms with van der Waals surface area (Å²) in [4.78, 5) is 3.88. The van der Waals surface area contributed by atoms with E-state index in [1.807, 2.05) is 34.6 Å². The molecule has 0 saturated heterocycles. The van der Waals surface area contributed by atoms with Crippen molar-refractivity contribution >= 4 is 0 Å². The number of aromatic nitrogens is 1. The highest BCUT2D eigenvalue weighted by Gasteiger charge is 2.38. The molecule has 0 spiro atoms. The van der Waals surface area contributed by atoms with Gasteiger partial charge in [0.2, 0.25) is 0 Å². The first kappa shape index (κ1) is 16.0. The van der Waals surface area contributed by atoms with Gasteiger partial charge in [-0.2, -0.15) is 13.2 Å². The zero-order valence-corrected chi connectivity index (χ0v) is 12.5. The summed E-state index contributed by atoms with van der Waals surface area (Å²) in [6.45, 7) is 11.2. The number of rotatable bonds is 2. The van der Waals surface area contributed by atoms with Crippen molar-refractivity contribution in [2.24, 2.45) is 0 Å². The van der Waals surface area contributed by atoms with E-state index in [0.29, 0.717) is 18.5 Å². The van der Waals surface area contributed by atoms with Gasteiger partial charge in [-0.25, -0.2) is 4.98 Å². The summed E-state index contributed by atoms with van der Waals surface area (Å²) in [5.74, 6) is 0. The van der Waals surface area contributed by atoms with Crippen LogP contribution in [0.15, 0.2) is 0 Å². The first-order valence-electron chi connectivity index (χ1n) is 6.64. The summed E-state index contributed by atoms with van der Waals surface area (Å²) >= 11 is 0. The number of hydrogen-bond acceptors (Lipinski definition) is 1. The number of hydrogen-bond donors (Lipinski definition) is 0. The zero-order valence-electron chi connectivity index (χ0n) is 12.5. The van der Waals surface area contributed by atoms with Crippen LogP contribution in [-0.4, -0.2) is 4.98 Å². The molecule has 0 atom stereocenters. The third-order valence-corrected chi connectivity index (χ3v) is 3.33. The molecule has 0 N–H and O–H groups in total. The second-order valence-electron chi connectivity index (χ2n) is 5.84. The van der Waals surface area contributed by atoms with Crippen LogP contribution in [0.2, 0.25) is 0 Å². The molecular formula is C15H22F3N. The maximum Gasteiger partial charge on any atom is 0.433 e. The molecule has 1 nitrogen and oxygen atoms in total. The molecule has 19 heavy (non-hydrogen) atoms. The van der Waals surface area contributed by atoms with Gasteiger partial charge in [-0.15, -0.1) is 0 Å². The van der Waals surface area contributed by atoms with E-state index in [-0.39, 0.29) is 11.0 Å². The Morgan fingerprint density at radius 3 is 1.84 bits per heavy atom. The largest absolute Gasteiger partial charge is 0.433 e. The fraction of sp³-hybridized carbons (Fsp3) is 0.667. The maximum atomic E-state index is 13.1. The van der Waals surface area contributed by atoms with Crippen molar-refractivity contribution < 1.29 is 13.2 Å². The van der Waals surface area contributed by atoms with Crippen molar-refractivity contribution in [1.82, 2.24) is 4.98 Å². The van der Waals surface area contributed by atoms with E-state index in [1.165, 1.54) is 6.92 Å². The van der Waals surface area contributed by atoms with Gasteiger partial charge in [0.05, 0.1) is 0 Å². The normalized spacial score (nSPS) is 12.9. The lowest BCUT2D eigenvalue weighted by Crippen LogP contribution is -2.23. The van der Waals surface area contributed by atoms with Crippen LogP contribution in [0.3, 0.4) is 0 Å². The lowest BCUT2D eigenvalue weighted by Gasteiger charge is -2.28. The van der Waals surface area contributed by atoms with Crippen molar-refractivity contribution in [3.8, 4) is 0 Å². The van der Waals surface area contributed by atoms with E-state index in [2.05, 4.69) is 4.98 Å². The third kappa shape index (κ3) is 3.10. The molecule has 0 aliphatic rings. The number of pyridine rings is 1. The Balaban J connectivity index is 3.76. The molecule has 0 aliphatic heterocycles. The Morgan fingerprint density at radius 1 is 1.00 bits per heavy atom. The molecular weight excluding hydrogens is 251 g/mol. The van der Waals surface area contributed by atoms with E-state index in [0.717, 1.165) is 11.1 Å². The molecule has 108 valence electrons. The van der Waals surface area contributed by atoms with Crippen LogP contribution in [0.25, 0.3) is 0 Å². The Bertz CT molecular complexity index is 468. The van der Waals surface area contributed by atoms with Crippen LogP contribution >= 0.6 is 0 Å². The lowest BCUT2D eigenvalue weighted by atomic mass is 9.79. The topological polar surface area (TPSA) is 12.9 Å². The molecule has 0 aromatic carbocycles. The standard InChI is InChI=1S/C15H22F3N/c1-7-10-11(8-2)19-13(15(16,17)18)9(3)12(10)14(4,5)6/h7-8H2,1-6H3. The van der Waals surface area contributed by atoms with Crippen molar-refractivity contribution in [3.63, 3.8) is 0 Å². The summed E-state index contributed by atoms with van der Waals surface area (Å²) in [7, 11) is 0. The molecule has 0 amide bonds. The average Bonchev–Trinajstić information content (AvgIpc) is 2.24. The van der Waals surface area contributed by atoms with Gasteiger partial charge in [-0.05, 0) is 41.9 Å². The summed E-state index contributed by atoms with van der Waals surface area (Å²) in [6.07, 6.45) is -3.16. The Hall–Kier alpha value is -1.06. The molecule has 0 fully saturated rings. The number of halogens is 3. The molecule has 1 heterocycles. The number of aryl methyl sites for hydroxylation is 1. The molecule has 0 saturated carbocycles. The first-order valence-corrected chi connectivity index (χ1v) is 6.64. The van der Waals surface area contributed by atoms with Crippen LogP contribution in [0.5, 0.6) is 0 Å². The minimum atomic E-state index is -4.39. The van der Waals surface area contributed by atoms with Crippen LogP contribution in [0.1, 0.15) is 62.7 Å². The van der Waals surface area contributed by atoms with E-state index in [4.69, 9.17) is 0 Å². The quantitative estimate of drug-likeness (QED) is 0.752. The van der Waals surface area contributed by atoms with Crippen molar-refractivity contribution in [2.75, 3.05) is 0 Å². The molecule has 0 bridgehead atoms. The van der Waals surface area contributed by atoms with Crippen molar-refractivity contribution in [1.29, 1.82) is 0 Å². The molecule has 0 radical (unpaired) electrons. The van der Waals surface area contributed by atoms with Crippen molar-refractivity contribution in [2.45, 2.75) is 66.0 Å². The van der Waals surface area contributed by atoms with Crippen LogP contribution < -0.4 is 0 Å². The molecule has 1 aromatic heterocycles. The molecule has 4 heteroatoms. The molecule has 0 unspecified atom stereocenters. The van der Waals surface area contributed by atoms with E-state index < -0.39 is 11.9 Å². The molecule has 1 aromatic rings. The zero-order chi connectivity index (χ0) is 15.0. The van der Waals surface area contributed by atoms with Crippen LogP contribution in [0, 0.1) is 6.92 Å². The Kier molecular flexibility index (Phi) is 4.33. The van der Waals surface area contributed by atoms with Gasteiger partial charge in [0.1, 0.15) is 5.69 Å². The van der Waals surface area contributed by atoms with Gasteiger partial charge >= 0.3 is 6.18 Å². The Labute approximate surface area is 113 Å². The smallest absolute Gasteiger partial charge is 0.248 e. The predicted octanol–water partition coefficient (Wildman–Crippen LogP) is 4.83. The SMILES string of the molecule is CCc1nc(C(F)(F)F)c(C)c(C(C)(C)C)c1CC. The first-order chi connectivity index (χ1) is 8.54. The highest BCUT2D eigenvalue weighted by Crippen LogP contribution is 2.38.